The van der Waals surface area contributed by atoms with Crippen LogP contribution in [0.2, 0.25) is 0 Å². The van der Waals surface area contributed by atoms with Gasteiger partial charge in [-0.2, -0.15) is 0 Å². The van der Waals surface area contributed by atoms with E-state index in [0.717, 1.165) is 11.3 Å². The summed E-state index contributed by atoms with van der Waals surface area (Å²) in [6, 6.07) is 9.30. The van der Waals surface area contributed by atoms with Crippen molar-refractivity contribution < 1.29 is 14.3 Å². The summed E-state index contributed by atoms with van der Waals surface area (Å²) in [4.78, 5) is 29.4. The lowest BCUT2D eigenvalue weighted by atomic mass is 10.3. The van der Waals surface area contributed by atoms with Gasteiger partial charge in [0, 0.05) is 18.4 Å². The normalized spacial score (nSPS) is 10.0. The number of amides is 1. The molecule has 0 aliphatic rings. The van der Waals surface area contributed by atoms with Gasteiger partial charge in [0.1, 0.15) is 6.61 Å². The number of ether oxygens (including phenoxy) is 1. The molecule has 1 heterocycles. The Morgan fingerprint density at radius 1 is 1.22 bits per heavy atom. The molecule has 0 N–H and O–H groups in total. The Hall–Kier alpha value is -2.47. The van der Waals surface area contributed by atoms with Gasteiger partial charge < -0.3 is 4.74 Å². The minimum Gasteiger partial charge on any atom is -0.456 e. The minimum atomic E-state index is -0.397. The topological polar surface area (TPSA) is 59.5 Å². The number of hydrogen-bond acceptors (Lipinski definition) is 5. The summed E-state index contributed by atoms with van der Waals surface area (Å²) in [5, 5.41) is 2.33. The Labute approximate surface area is 139 Å². The number of aromatic nitrogens is 1. The van der Waals surface area contributed by atoms with E-state index in [0.29, 0.717) is 10.8 Å². The van der Waals surface area contributed by atoms with Gasteiger partial charge in [-0.05, 0) is 26.0 Å². The molecule has 5 nitrogen and oxygen atoms in total. The first-order chi connectivity index (χ1) is 11.0. The van der Waals surface area contributed by atoms with E-state index >= 15 is 0 Å². The minimum absolute atomic E-state index is 0.0830. The molecule has 1 aromatic heterocycles. The number of esters is 1. The SMILES string of the molecule is CC(=O)N(c1ccccc1)c1nc(COC(=O)C=C(C)C)cs1. The van der Waals surface area contributed by atoms with Crippen LogP contribution in [-0.2, 0) is 20.9 Å². The zero-order valence-corrected chi connectivity index (χ0v) is 14.1. The van der Waals surface area contributed by atoms with Crippen LogP contribution in [-0.4, -0.2) is 16.9 Å². The second-order valence-corrected chi connectivity index (χ2v) is 5.98. The van der Waals surface area contributed by atoms with E-state index in [1.165, 1.54) is 29.2 Å². The first kappa shape index (κ1) is 16.9. The lowest BCUT2D eigenvalue weighted by Gasteiger charge is -2.17. The third-order valence-electron chi connectivity index (χ3n) is 2.83. The molecule has 0 fully saturated rings. The molecule has 0 aliphatic heterocycles. The standard InChI is InChI=1S/C17H18N2O3S/c1-12(2)9-16(21)22-10-14-11-23-17(18-14)19(13(3)20)15-7-5-4-6-8-15/h4-9,11H,10H2,1-3H3. The fourth-order valence-electron chi connectivity index (χ4n) is 1.89. The summed E-state index contributed by atoms with van der Waals surface area (Å²) < 4.78 is 5.12. The van der Waals surface area contributed by atoms with Crippen molar-refractivity contribution in [3.05, 3.63) is 53.1 Å². The third-order valence-corrected chi connectivity index (χ3v) is 3.70. The monoisotopic (exact) mass is 330 g/mol. The number of benzene rings is 1. The van der Waals surface area contributed by atoms with E-state index < -0.39 is 5.97 Å². The molecule has 23 heavy (non-hydrogen) atoms. The number of rotatable bonds is 5. The maximum absolute atomic E-state index is 11.9. The zero-order chi connectivity index (χ0) is 16.8. The highest BCUT2D eigenvalue weighted by atomic mass is 32.1. The van der Waals surface area contributed by atoms with Crippen molar-refractivity contribution in [2.24, 2.45) is 0 Å². The molecule has 0 aliphatic carbocycles. The van der Waals surface area contributed by atoms with Crippen LogP contribution >= 0.6 is 11.3 Å². The first-order valence-corrected chi connectivity index (χ1v) is 7.97. The number of thiazole rings is 1. The van der Waals surface area contributed by atoms with Crippen molar-refractivity contribution in [3.8, 4) is 0 Å². The summed E-state index contributed by atoms with van der Waals surface area (Å²) in [6.07, 6.45) is 1.43. The average Bonchev–Trinajstić information content (AvgIpc) is 2.94. The predicted octanol–water partition coefficient (Wildman–Crippen LogP) is 3.84. The molecule has 0 saturated carbocycles. The Bertz CT molecular complexity index is 718. The van der Waals surface area contributed by atoms with Gasteiger partial charge in [0.15, 0.2) is 5.13 Å². The highest BCUT2D eigenvalue weighted by molar-refractivity contribution is 7.14. The quantitative estimate of drug-likeness (QED) is 0.617. The average molecular weight is 330 g/mol. The van der Waals surface area contributed by atoms with Gasteiger partial charge in [0.25, 0.3) is 0 Å². The second kappa shape index (κ2) is 7.69. The molecule has 0 unspecified atom stereocenters. The molecule has 2 aromatic rings. The summed E-state index contributed by atoms with van der Waals surface area (Å²) in [6.45, 7) is 5.22. The van der Waals surface area contributed by atoms with Crippen molar-refractivity contribution in [2.45, 2.75) is 27.4 Å². The summed E-state index contributed by atoms with van der Waals surface area (Å²) in [5.74, 6) is -0.523. The number of hydrogen-bond donors (Lipinski definition) is 0. The number of allylic oxidation sites excluding steroid dienone is 1. The second-order valence-electron chi connectivity index (χ2n) is 5.14. The van der Waals surface area contributed by atoms with E-state index in [1.54, 1.807) is 5.38 Å². The van der Waals surface area contributed by atoms with Gasteiger partial charge in [-0.25, -0.2) is 9.78 Å². The highest BCUT2D eigenvalue weighted by Crippen LogP contribution is 2.28. The molecule has 0 atom stereocenters. The molecule has 120 valence electrons. The molecule has 0 spiro atoms. The van der Waals surface area contributed by atoms with Crippen LogP contribution in [0, 0.1) is 0 Å². The van der Waals surface area contributed by atoms with Gasteiger partial charge >= 0.3 is 5.97 Å². The summed E-state index contributed by atoms with van der Waals surface area (Å²) in [7, 11) is 0. The molecule has 0 saturated heterocycles. The third kappa shape index (κ3) is 4.75. The molecule has 1 aromatic carbocycles. The van der Waals surface area contributed by atoms with Crippen molar-refractivity contribution in [1.82, 2.24) is 4.98 Å². The summed E-state index contributed by atoms with van der Waals surface area (Å²) in [5.41, 5.74) is 2.24. The number of nitrogens with zero attached hydrogens (tertiary/aromatic N) is 2. The van der Waals surface area contributed by atoms with Gasteiger partial charge in [-0.3, -0.25) is 9.69 Å². The van der Waals surface area contributed by atoms with E-state index in [2.05, 4.69) is 4.98 Å². The maximum Gasteiger partial charge on any atom is 0.331 e. The van der Waals surface area contributed by atoms with Gasteiger partial charge in [-0.15, -0.1) is 11.3 Å². The molecule has 1 amide bonds. The Morgan fingerprint density at radius 3 is 2.52 bits per heavy atom. The lowest BCUT2D eigenvalue weighted by molar-refractivity contribution is -0.139. The van der Waals surface area contributed by atoms with Gasteiger partial charge in [0.2, 0.25) is 5.91 Å². The van der Waals surface area contributed by atoms with Crippen molar-refractivity contribution in [1.29, 1.82) is 0 Å². The van der Waals surface area contributed by atoms with Crippen LogP contribution in [0.15, 0.2) is 47.4 Å². The largest absolute Gasteiger partial charge is 0.456 e. The maximum atomic E-state index is 11.9. The Kier molecular flexibility index (Phi) is 5.65. The summed E-state index contributed by atoms with van der Waals surface area (Å²) >= 11 is 1.33. The molecule has 0 radical (unpaired) electrons. The van der Waals surface area contributed by atoms with Crippen LogP contribution in [0.5, 0.6) is 0 Å². The van der Waals surface area contributed by atoms with Crippen LogP contribution in [0.1, 0.15) is 26.5 Å². The van der Waals surface area contributed by atoms with E-state index in [-0.39, 0.29) is 12.5 Å². The molecular formula is C17H18N2O3S. The fourth-order valence-corrected chi connectivity index (χ4v) is 2.76. The van der Waals surface area contributed by atoms with Crippen LogP contribution in [0.25, 0.3) is 0 Å². The lowest BCUT2D eigenvalue weighted by Crippen LogP contribution is -2.22. The molecular weight excluding hydrogens is 312 g/mol. The molecule has 0 bridgehead atoms. The van der Waals surface area contributed by atoms with Crippen LogP contribution in [0.3, 0.4) is 0 Å². The van der Waals surface area contributed by atoms with Gasteiger partial charge in [-0.1, -0.05) is 23.8 Å². The van der Waals surface area contributed by atoms with Crippen molar-refractivity contribution in [2.75, 3.05) is 4.90 Å². The van der Waals surface area contributed by atoms with E-state index in [4.69, 9.17) is 4.74 Å². The fraction of sp³-hybridized carbons (Fsp3) is 0.235. The number of carbonyl (C=O) groups is 2. The number of carbonyl (C=O) groups excluding carboxylic acids is 2. The first-order valence-electron chi connectivity index (χ1n) is 7.09. The Morgan fingerprint density at radius 2 is 1.91 bits per heavy atom. The predicted molar refractivity (Wildman–Crippen MR) is 90.6 cm³/mol. The number of para-hydroxylation sites is 1. The van der Waals surface area contributed by atoms with E-state index in [1.807, 2.05) is 44.2 Å². The molecule has 6 heteroatoms. The smallest absolute Gasteiger partial charge is 0.331 e. The van der Waals surface area contributed by atoms with Crippen molar-refractivity contribution >= 4 is 34.0 Å². The van der Waals surface area contributed by atoms with Gasteiger partial charge in [0.05, 0.1) is 11.4 Å². The van der Waals surface area contributed by atoms with Crippen molar-refractivity contribution in [3.63, 3.8) is 0 Å². The van der Waals surface area contributed by atoms with Crippen LogP contribution < -0.4 is 4.90 Å². The Balaban J connectivity index is 2.12. The highest BCUT2D eigenvalue weighted by Gasteiger charge is 2.17. The van der Waals surface area contributed by atoms with Crippen LogP contribution in [0.4, 0.5) is 10.8 Å². The van der Waals surface area contributed by atoms with E-state index in [9.17, 15) is 9.59 Å². The molecule has 2 rings (SSSR count). The number of anilines is 2. The zero-order valence-electron chi connectivity index (χ0n) is 13.3.